The Labute approximate surface area is 202 Å². The fraction of sp³-hybridized carbons (Fsp3) is 0.933. The number of rotatable bonds is 0. The molecule has 5 aliphatic rings. The zero-order chi connectivity index (χ0) is 24.4. The number of allylic oxidation sites excluding steroid dienone is 2. The van der Waals surface area contributed by atoms with Gasteiger partial charge in [0, 0.05) is 5.41 Å². The van der Waals surface area contributed by atoms with Gasteiger partial charge >= 0.3 is 0 Å². The zero-order valence-electron chi connectivity index (χ0n) is 22.5. The molecule has 12 atom stereocenters. The lowest BCUT2D eigenvalue weighted by molar-refractivity contribution is -0.227. The van der Waals surface area contributed by atoms with E-state index in [2.05, 4.69) is 61.5 Å². The van der Waals surface area contributed by atoms with Gasteiger partial charge in [-0.2, -0.15) is 0 Å². The van der Waals surface area contributed by atoms with E-state index >= 15 is 0 Å². The van der Waals surface area contributed by atoms with Crippen LogP contribution in [0.3, 0.4) is 0 Å². The highest BCUT2D eigenvalue weighted by molar-refractivity contribution is 5.35. The summed E-state index contributed by atoms with van der Waals surface area (Å²) in [6, 6.07) is 0. The van der Waals surface area contributed by atoms with Crippen LogP contribution in [0, 0.1) is 56.7 Å². The second kappa shape index (κ2) is 7.10. The van der Waals surface area contributed by atoms with Gasteiger partial charge < -0.3 is 15.3 Å². The molecule has 188 valence electrons. The molecular weight excluding hydrogens is 408 g/mol. The molecule has 0 heterocycles. The van der Waals surface area contributed by atoms with Crippen molar-refractivity contribution in [2.45, 2.75) is 119 Å². The average Bonchev–Trinajstić information content (AvgIpc) is 2.71. The summed E-state index contributed by atoms with van der Waals surface area (Å²) >= 11 is 0. The van der Waals surface area contributed by atoms with E-state index in [1.165, 1.54) is 12.8 Å². The Balaban J connectivity index is 1.63. The summed E-state index contributed by atoms with van der Waals surface area (Å²) in [6.45, 7) is 19.0. The maximum Gasteiger partial charge on any atom is 0.0632 e. The van der Waals surface area contributed by atoms with E-state index in [9.17, 15) is 15.3 Å². The Bertz CT molecular complexity index is 847. The average molecular weight is 459 g/mol. The molecule has 0 amide bonds. The predicted molar refractivity (Wildman–Crippen MR) is 133 cm³/mol. The van der Waals surface area contributed by atoms with Crippen LogP contribution in [0.15, 0.2) is 11.6 Å². The maximum atomic E-state index is 11.7. The highest BCUT2D eigenvalue weighted by Crippen LogP contribution is 2.75. The van der Waals surface area contributed by atoms with E-state index in [-0.39, 0.29) is 33.7 Å². The molecule has 0 aromatic carbocycles. The lowest BCUT2D eigenvalue weighted by Crippen LogP contribution is -2.68. The van der Waals surface area contributed by atoms with Crippen molar-refractivity contribution in [3.63, 3.8) is 0 Å². The molecule has 8 unspecified atom stereocenters. The van der Waals surface area contributed by atoms with E-state index in [4.69, 9.17) is 0 Å². The van der Waals surface area contributed by atoms with E-state index in [1.54, 1.807) is 5.57 Å². The standard InChI is InChI=1S/C30H50O3/c1-17-15-23(32)30(8)24(33)16-29(7)19(25(30)18(17)2)9-10-21-27(5)13-12-22(31)26(3,4)20(27)11-14-28(21,29)6/h9,17-18,20-25,31-33H,10-16H2,1-8H3/t17?,18?,20?,21?,22?,23?,24?,25?,27-,28+,29+,30+/m0/s1. The van der Waals surface area contributed by atoms with Gasteiger partial charge in [0.2, 0.25) is 0 Å². The normalized spacial score (nSPS) is 60.0. The van der Waals surface area contributed by atoms with Crippen molar-refractivity contribution in [3.05, 3.63) is 11.6 Å². The molecule has 0 aliphatic heterocycles. The van der Waals surface area contributed by atoms with Crippen LogP contribution in [0.25, 0.3) is 0 Å². The number of hydrogen-bond donors (Lipinski definition) is 3. The lowest BCUT2D eigenvalue weighted by Gasteiger charge is -2.72. The second-order valence-electron chi connectivity index (χ2n) is 14.8. The third kappa shape index (κ3) is 2.74. The van der Waals surface area contributed by atoms with Crippen molar-refractivity contribution < 1.29 is 15.3 Å². The van der Waals surface area contributed by atoms with Gasteiger partial charge in [-0.05, 0) is 96.2 Å². The van der Waals surface area contributed by atoms with Gasteiger partial charge in [-0.15, -0.1) is 0 Å². The number of aliphatic hydroxyl groups excluding tert-OH is 3. The third-order valence-corrected chi connectivity index (χ3v) is 13.6. The lowest BCUT2D eigenvalue weighted by atomic mass is 9.33. The molecule has 0 aromatic rings. The Morgan fingerprint density at radius 3 is 2.15 bits per heavy atom. The van der Waals surface area contributed by atoms with Crippen LogP contribution in [-0.4, -0.2) is 33.6 Å². The summed E-state index contributed by atoms with van der Waals surface area (Å²) in [5.74, 6) is 2.29. The van der Waals surface area contributed by atoms with Crippen LogP contribution >= 0.6 is 0 Å². The molecule has 0 radical (unpaired) electrons. The fourth-order valence-corrected chi connectivity index (χ4v) is 10.9. The predicted octanol–water partition coefficient (Wildman–Crippen LogP) is 5.97. The van der Waals surface area contributed by atoms with Crippen molar-refractivity contribution in [2.24, 2.45) is 56.7 Å². The van der Waals surface area contributed by atoms with Crippen molar-refractivity contribution in [2.75, 3.05) is 0 Å². The Hall–Kier alpha value is -0.380. The van der Waals surface area contributed by atoms with Crippen LogP contribution in [0.4, 0.5) is 0 Å². The second-order valence-corrected chi connectivity index (χ2v) is 14.8. The molecule has 5 aliphatic carbocycles. The first-order chi connectivity index (χ1) is 15.2. The van der Waals surface area contributed by atoms with Crippen LogP contribution < -0.4 is 0 Å². The molecule has 5 rings (SSSR count). The summed E-state index contributed by atoms with van der Waals surface area (Å²) in [5.41, 5.74) is 1.38. The molecule has 4 fully saturated rings. The molecule has 3 heteroatoms. The van der Waals surface area contributed by atoms with Crippen LogP contribution in [0.1, 0.15) is 100 Å². The van der Waals surface area contributed by atoms with Crippen molar-refractivity contribution in [1.29, 1.82) is 0 Å². The van der Waals surface area contributed by atoms with E-state index in [1.807, 2.05) is 0 Å². The third-order valence-electron chi connectivity index (χ3n) is 13.6. The van der Waals surface area contributed by atoms with Gasteiger partial charge in [-0.3, -0.25) is 0 Å². The van der Waals surface area contributed by atoms with E-state index in [0.29, 0.717) is 23.7 Å². The Morgan fingerprint density at radius 1 is 0.818 bits per heavy atom. The smallest absolute Gasteiger partial charge is 0.0632 e. The summed E-state index contributed by atoms with van der Waals surface area (Å²) < 4.78 is 0. The minimum atomic E-state index is -0.472. The molecule has 3 nitrogen and oxygen atoms in total. The first-order valence-corrected chi connectivity index (χ1v) is 13.9. The monoisotopic (exact) mass is 458 g/mol. The Morgan fingerprint density at radius 2 is 1.48 bits per heavy atom. The van der Waals surface area contributed by atoms with Crippen LogP contribution in [0.2, 0.25) is 0 Å². The first-order valence-electron chi connectivity index (χ1n) is 13.9. The number of aliphatic hydroxyl groups is 3. The molecule has 4 saturated carbocycles. The van der Waals surface area contributed by atoms with Gasteiger partial charge in [0.25, 0.3) is 0 Å². The van der Waals surface area contributed by atoms with Gasteiger partial charge in [0.05, 0.1) is 18.3 Å². The highest BCUT2D eigenvalue weighted by Gasteiger charge is 2.70. The summed E-state index contributed by atoms with van der Waals surface area (Å²) in [4.78, 5) is 0. The van der Waals surface area contributed by atoms with Crippen LogP contribution in [0.5, 0.6) is 0 Å². The summed E-state index contributed by atoms with van der Waals surface area (Å²) in [6.07, 6.45) is 8.52. The molecular formula is C30H50O3. The van der Waals surface area contributed by atoms with E-state index < -0.39 is 17.6 Å². The van der Waals surface area contributed by atoms with Crippen molar-refractivity contribution in [1.82, 2.24) is 0 Å². The molecule has 0 spiro atoms. The van der Waals surface area contributed by atoms with Gasteiger partial charge in [0.15, 0.2) is 0 Å². The van der Waals surface area contributed by atoms with Crippen molar-refractivity contribution >= 4 is 0 Å². The van der Waals surface area contributed by atoms with Crippen molar-refractivity contribution in [3.8, 4) is 0 Å². The SMILES string of the molecule is CC1CC(O)[C@]2(C)C(O)C[C@]3(C)C(=CCC4[C@@]5(C)CCC(O)C(C)(C)C5CC[C@]43C)C2C1C. The van der Waals surface area contributed by atoms with Crippen LogP contribution in [-0.2, 0) is 0 Å². The number of fused-ring (bicyclic) bond motifs is 7. The van der Waals surface area contributed by atoms with Gasteiger partial charge in [-0.25, -0.2) is 0 Å². The zero-order valence-corrected chi connectivity index (χ0v) is 22.5. The first kappa shape index (κ1) is 24.3. The Kier molecular flexibility index (Phi) is 5.23. The summed E-state index contributed by atoms with van der Waals surface area (Å²) in [5, 5.41) is 33.9. The topological polar surface area (TPSA) is 60.7 Å². The molecule has 0 bridgehead atoms. The summed E-state index contributed by atoms with van der Waals surface area (Å²) in [7, 11) is 0. The number of hydrogen-bond acceptors (Lipinski definition) is 3. The quantitative estimate of drug-likeness (QED) is 0.392. The maximum absolute atomic E-state index is 11.7. The largest absolute Gasteiger partial charge is 0.393 e. The minimum absolute atomic E-state index is 0.0404. The molecule has 0 aromatic heterocycles. The van der Waals surface area contributed by atoms with Gasteiger partial charge in [0.1, 0.15) is 0 Å². The van der Waals surface area contributed by atoms with E-state index in [0.717, 1.165) is 32.1 Å². The molecule has 3 N–H and O–H groups in total. The molecule has 0 saturated heterocycles. The van der Waals surface area contributed by atoms with Gasteiger partial charge in [-0.1, -0.05) is 67.0 Å². The molecule has 33 heavy (non-hydrogen) atoms. The minimum Gasteiger partial charge on any atom is -0.393 e. The highest BCUT2D eigenvalue weighted by atomic mass is 16.3. The fourth-order valence-electron chi connectivity index (χ4n) is 10.9.